The summed E-state index contributed by atoms with van der Waals surface area (Å²) in [5.74, 6) is 1.05. The molecule has 2 saturated heterocycles. The normalized spacial score (nSPS) is 23.5. The van der Waals surface area contributed by atoms with Crippen LogP contribution in [0.15, 0.2) is 36.5 Å². The van der Waals surface area contributed by atoms with Crippen LogP contribution in [0.4, 0.5) is 0 Å². The van der Waals surface area contributed by atoms with Crippen molar-refractivity contribution in [3.05, 3.63) is 53.3 Å². The molecule has 2 aliphatic heterocycles. The molecule has 1 aromatic carbocycles. The molecular weight excluding hydrogens is 364 g/mol. The summed E-state index contributed by atoms with van der Waals surface area (Å²) in [4.78, 5) is 29.6. The van der Waals surface area contributed by atoms with Crippen LogP contribution < -0.4 is 0 Å². The van der Waals surface area contributed by atoms with Crippen LogP contribution in [0, 0.1) is 25.7 Å². The SMILES string of the molecule is CCC(=O)N1C[C@@H]2CN(C(=O)CCn3ccc(C)n3)C[C@@H]2[C@H]1c1ccccc1C. The largest absolute Gasteiger partial charge is 0.342 e. The van der Waals surface area contributed by atoms with Crippen LogP contribution in [-0.4, -0.2) is 51.0 Å². The summed E-state index contributed by atoms with van der Waals surface area (Å²) in [6.45, 7) is 8.83. The lowest BCUT2D eigenvalue weighted by Crippen LogP contribution is -2.37. The molecule has 2 aromatic rings. The summed E-state index contributed by atoms with van der Waals surface area (Å²) in [6.07, 6.45) is 2.91. The average molecular weight is 395 g/mol. The van der Waals surface area contributed by atoms with Gasteiger partial charge in [0.25, 0.3) is 0 Å². The molecule has 0 radical (unpaired) electrons. The Hall–Kier alpha value is -2.63. The van der Waals surface area contributed by atoms with Gasteiger partial charge in [0, 0.05) is 57.1 Å². The van der Waals surface area contributed by atoms with Crippen molar-refractivity contribution in [2.75, 3.05) is 19.6 Å². The Morgan fingerprint density at radius 2 is 1.86 bits per heavy atom. The smallest absolute Gasteiger partial charge is 0.224 e. The highest BCUT2D eigenvalue weighted by atomic mass is 16.2. The van der Waals surface area contributed by atoms with E-state index < -0.39 is 0 Å². The Labute approximate surface area is 172 Å². The Morgan fingerprint density at radius 3 is 2.55 bits per heavy atom. The number of likely N-dealkylation sites (tertiary alicyclic amines) is 2. The van der Waals surface area contributed by atoms with Gasteiger partial charge in [-0.3, -0.25) is 14.3 Å². The van der Waals surface area contributed by atoms with E-state index in [9.17, 15) is 9.59 Å². The van der Waals surface area contributed by atoms with E-state index in [-0.39, 0.29) is 17.9 Å². The van der Waals surface area contributed by atoms with E-state index in [1.54, 1.807) is 0 Å². The summed E-state index contributed by atoms with van der Waals surface area (Å²) < 4.78 is 1.84. The van der Waals surface area contributed by atoms with Crippen molar-refractivity contribution >= 4 is 11.8 Å². The number of rotatable bonds is 5. The molecule has 0 aliphatic carbocycles. The minimum Gasteiger partial charge on any atom is -0.342 e. The number of hydrogen-bond acceptors (Lipinski definition) is 3. The molecule has 2 fully saturated rings. The van der Waals surface area contributed by atoms with Crippen LogP contribution >= 0.6 is 0 Å². The maximum Gasteiger partial charge on any atom is 0.224 e. The lowest BCUT2D eigenvalue weighted by atomic mass is 9.87. The molecule has 0 spiro atoms. The molecule has 154 valence electrons. The van der Waals surface area contributed by atoms with Crippen molar-refractivity contribution in [3.63, 3.8) is 0 Å². The fourth-order valence-corrected chi connectivity index (χ4v) is 4.98. The van der Waals surface area contributed by atoms with Crippen LogP contribution in [0.25, 0.3) is 0 Å². The third-order valence-corrected chi connectivity index (χ3v) is 6.48. The molecule has 0 bridgehead atoms. The van der Waals surface area contributed by atoms with Crippen molar-refractivity contribution < 1.29 is 9.59 Å². The number of carbonyl (C=O) groups excluding carboxylic acids is 2. The highest BCUT2D eigenvalue weighted by Gasteiger charge is 2.49. The van der Waals surface area contributed by atoms with Gasteiger partial charge in [-0.2, -0.15) is 5.10 Å². The summed E-state index contributed by atoms with van der Waals surface area (Å²) in [6, 6.07) is 10.4. The van der Waals surface area contributed by atoms with E-state index in [4.69, 9.17) is 0 Å². The molecule has 1 aromatic heterocycles. The number of carbonyl (C=O) groups is 2. The minimum absolute atomic E-state index is 0.0696. The van der Waals surface area contributed by atoms with E-state index in [1.165, 1.54) is 11.1 Å². The average Bonchev–Trinajstić information content (AvgIpc) is 3.40. The van der Waals surface area contributed by atoms with Gasteiger partial charge in [0.15, 0.2) is 0 Å². The lowest BCUT2D eigenvalue weighted by Gasteiger charge is -2.31. The number of fused-ring (bicyclic) bond motifs is 1. The zero-order valence-electron chi connectivity index (χ0n) is 17.5. The van der Waals surface area contributed by atoms with Gasteiger partial charge in [0.2, 0.25) is 11.8 Å². The Kier molecular flexibility index (Phi) is 5.43. The van der Waals surface area contributed by atoms with Crippen LogP contribution in [0.3, 0.4) is 0 Å². The molecule has 29 heavy (non-hydrogen) atoms. The molecular formula is C23H30N4O2. The van der Waals surface area contributed by atoms with Gasteiger partial charge >= 0.3 is 0 Å². The number of benzene rings is 1. The van der Waals surface area contributed by atoms with Gasteiger partial charge in [-0.1, -0.05) is 31.2 Å². The lowest BCUT2D eigenvalue weighted by molar-refractivity contribution is -0.133. The van der Waals surface area contributed by atoms with Gasteiger partial charge in [0.1, 0.15) is 0 Å². The third-order valence-electron chi connectivity index (χ3n) is 6.48. The number of hydrogen-bond donors (Lipinski definition) is 0. The molecule has 3 atom stereocenters. The molecule has 6 heteroatoms. The first-order valence-electron chi connectivity index (χ1n) is 10.6. The number of amides is 2. The summed E-state index contributed by atoms with van der Waals surface area (Å²) in [5, 5.41) is 4.37. The third kappa shape index (κ3) is 3.80. The topological polar surface area (TPSA) is 58.4 Å². The van der Waals surface area contributed by atoms with E-state index >= 15 is 0 Å². The monoisotopic (exact) mass is 394 g/mol. The Balaban J connectivity index is 1.48. The maximum absolute atomic E-state index is 12.8. The van der Waals surface area contributed by atoms with Gasteiger partial charge in [-0.25, -0.2) is 0 Å². The first-order chi connectivity index (χ1) is 14.0. The molecule has 0 N–H and O–H groups in total. The first-order valence-corrected chi connectivity index (χ1v) is 10.6. The minimum atomic E-state index is 0.0696. The summed E-state index contributed by atoms with van der Waals surface area (Å²) >= 11 is 0. The maximum atomic E-state index is 12.8. The van der Waals surface area contributed by atoms with E-state index in [0.29, 0.717) is 31.2 Å². The molecule has 3 heterocycles. The molecule has 2 aliphatic rings. The van der Waals surface area contributed by atoms with E-state index in [0.717, 1.165) is 25.3 Å². The fraction of sp³-hybridized carbons (Fsp3) is 0.522. The standard InChI is InChI=1S/C23H30N4O2/c1-4-21(28)27-14-18-13-25(22(29)10-12-26-11-9-17(3)24-26)15-20(18)23(27)19-8-6-5-7-16(19)2/h5-9,11,18,20,23H,4,10,12-15H2,1-3H3/t18-,20-,23+/m0/s1. The molecule has 4 rings (SSSR count). The van der Waals surface area contributed by atoms with E-state index in [2.05, 4.69) is 29.1 Å². The highest BCUT2D eigenvalue weighted by Crippen LogP contribution is 2.46. The molecule has 0 saturated carbocycles. The van der Waals surface area contributed by atoms with Crippen molar-refractivity contribution in [2.45, 2.75) is 46.2 Å². The summed E-state index contributed by atoms with van der Waals surface area (Å²) in [5.41, 5.74) is 3.41. The zero-order valence-corrected chi connectivity index (χ0v) is 17.5. The molecule has 6 nitrogen and oxygen atoms in total. The predicted octanol–water partition coefficient (Wildman–Crippen LogP) is 2.96. The van der Waals surface area contributed by atoms with Gasteiger partial charge in [0.05, 0.1) is 11.7 Å². The van der Waals surface area contributed by atoms with Crippen molar-refractivity contribution in [3.8, 4) is 0 Å². The van der Waals surface area contributed by atoms with Crippen LogP contribution in [-0.2, 0) is 16.1 Å². The predicted molar refractivity (Wildman–Crippen MR) is 111 cm³/mol. The molecule has 0 unspecified atom stereocenters. The van der Waals surface area contributed by atoms with Gasteiger partial charge in [-0.05, 0) is 31.0 Å². The highest BCUT2D eigenvalue weighted by molar-refractivity contribution is 5.78. The number of aryl methyl sites for hydroxylation is 3. The molecule has 2 amide bonds. The Bertz CT molecular complexity index is 906. The van der Waals surface area contributed by atoms with Crippen molar-refractivity contribution in [1.82, 2.24) is 19.6 Å². The first kappa shape index (κ1) is 19.7. The fourth-order valence-electron chi connectivity index (χ4n) is 4.98. The number of aromatic nitrogens is 2. The van der Waals surface area contributed by atoms with Gasteiger partial charge < -0.3 is 9.80 Å². The summed E-state index contributed by atoms with van der Waals surface area (Å²) in [7, 11) is 0. The van der Waals surface area contributed by atoms with E-state index in [1.807, 2.05) is 47.8 Å². The second kappa shape index (κ2) is 8.01. The quantitative estimate of drug-likeness (QED) is 0.783. The van der Waals surface area contributed by atoms with Crippen LogP contribution in [0.1, 0.15) is 42.6 Å². The van der Waals surface area contributed by atoms with Crippen molar-refractivity contribution in [1.29, 1.82) is 0 Å². The number of nitrogens with zero attached hydrogens (tertiary/aromatic N) is 4. The van der Waals surface area contributed by atoms with Gasteiger partial charge in [-0.15, -0.1) is 0 Å². The van der Waals surface area contributed by atoms with Crippen molar-refractivity contribution in [2.24, 2.45) is 11.8 Å². The zero-order chi connectivity index (χ0) is 20.5. The van der Waals surface area contributed by atoms with Crippen LogP contribution in [0.2, 0.25) is 0 Å². The second-order valence-corrected chi connectivity index (χ2v) is 8.39. The van der Waals surface area contributed by atoms with Crippen LogP contribution in [0.5, 0.6) is 0 Å². The Morgan fingerprint density at radius 1 is 1.07 bits per heavy atom. The second-order valence-electron chi connectivity index (χ2n) is 8.39.